The minimum atomic E-state index is -0.316. The molecule has 0 amide bonds. The van der Waals surface area contributed by atoms with Gasteiger partial charge in [-0.25, -0.2) is 4.79 Å². The summed E-state index contributed by atoms with van der Waals surface area (Å²) in [5, 5.41) is 0. The summed E-state index contributed by atoms with van der Waals surface area (Å²) in [7, 11) is 0. The molecule has 1 aromatic rings. The standard InChI is InChI=1S/C27H40O6/c1-18(2)23-11-10-19(3)14-24(23)33-27(28)20-15-21(31-25-8-4-6-12-29-25)17-22(16-20)32-26-9-5-7-13-30-26/h15-19,23-26H,4-14H2,1-3H3/t19-,23+,24-,25?,26?/m1/s1. The third kappa shape index (κ3) is 6.86. The molecule has 3 fully saturated rings. The van der Waals surface area contributed by atoms with E-state index in [0.717, 1.165) is 51.4 Å². The Balaban J connectivity index is 1.51. The Bertz CT molecular complexity index is 728. The molecule has 1 aromatic carbocycles. The molecule has 3 aliphatic rings. The van der Waals surface area contributed by atoms with Crippen LogP contribution in [0.3, 0.4) is 0 Å². The lowest BCUT2D eigenvalue weighted by molar-refractivity contribution is -0.109. The normalized spacial score (nSPS) is 30.6. The summed E-state index contributed by atoms with van der Waals surface area (Å²) in [4.78, 5) is 13.3. The van der Waals surface area contributed by atoms with Crippen LogP contribution in [0.15, 0.2) is 18.2 Å². The highest BCUT2D eigenvalue weighted by Crippen LogP contribution is 2.36. The summed E-state index contributed by atoms with van der Waals surface area (Å²) in [6.07, 6.45) is 8.49. The lowest BCUT2D eigenvalue weighted by atomic mass is 9.75. The molecular formula is C27H40O6. The van der Waals surface area contributed by atoms with Crippen LogP contribution in [-0.2, 0) is 14.2 Å². The Hall–Kier alpha value is -1.79. The van der Waals surface area contributed by atoms with E-state index >= 15 is 0 Å². The van der Waals surface area contributed by atoms with Crippen LogP contribution in [0.1, 0.15) is 88.9 Å². The number of carbonyl (C=O) groups is 1. The Morgan fingerprint density at radius 1 is 0.879 bits per heavy atom. The van der Waals surface area contributed by atoms with Gasteiger partial charge in [-0.15, -0.1) is 0 Å². The van der Waals surface area contributed by atoms with Gasteiger partial charge in [0.1, 0.15) is 17.6 Å². The fourth-order valence-corrected chi connectivity index (χ4v) is 5.19. The third-order valence-electron chi connectivity index (χ3n) is 7.15. The molecule has 33 heavy (non-hydrogen) atoms. The summed E-state index contributed by atoms with van der Waals surface area (Å²) in [6.45, 7) is 8.07. The van der Waals surface area contributed by atoms with E-state index in [-0.39, 0.29) is 24.7 Å². The molecular weight excluding hydrogens is 420 g/mol. The van der Waals surface area contributed by atoms with Gasteiger partial charge in [0.05, 0.1) is 18.8 Å². The average Bonchev–Trinajstić information content (AvgIpc) is 2.80. The molecule has 2 heterocycles. The van der Waals surface area contributed by atoms with Crippen LogP contribution in [0.2, 0.25) is 0 Å². The van der Waals surface area contributed by atoms with Crippen molar-refractivity contribution in [1.29, 1.82) is 0 Å². The third-order valence-corrected chi connectivity index (χ3v) is 7.15. The molecule has 0 spiro atoms. The highest BCUT2D eigenvalue weighted by atomic mass is 16.7. The van der Waals surface area contributed by atoms with Crippen LogP contribution < -0.4 is 9.47 Å². The number of benzene rings is 1. The van der Waals surface area contributed by atoms with Crippen LogP contribution in [0.4, 0.5) is 0 Å². The lowest BCUT2D eigenvalue weighted by Crippen LogP contribution is -2.35. The molecule has 2 unspecified atom stereocenters. The highest BCUT2D eigenvalue weighted by Gasteiger charge is 2.34. The fraction of sp³-hybridized carbons (Fsp3) is 0.741. The Kier molecular flexibility index (Phi) is 8.53. The van der Waals surface area contributed by atoms with Gasteiger partial charge in [-0.05, 0) is 68.4 Å². The molecule has 2 aliphatic heterocycles. The zero-order chi connectivity index (χ0) is 23.2. The van der Waals surface area contributed by atoms with Gasteiger partial charge in [-0.2, -0.15) is 0 Å². The van der Waals surface area contributed by atoms with Crippen molar-refractivity contribution in [3.8, 4) is 11.5 Å². The number of hydrogen-bond donors (Lipinski definition) is 0. The molecule has 184 valence electrons. The van der Waals surface area contributed by atoms with E-state index in [4.69, 9.17) is 23.7 Å². The SMILES string of the molecule is CC(C)[C@@H]1CC[C@@H](C)C[C@H]1OC(=O)c1cc(OC2CCCCO2)cc(OC2CCCCO2)c1. The van der Waals surface area contributed by atoms with Crippen LogP contribution in [0.25, 0.3) is 0 Å². The second-order valence-electron chi connectivity index (χ2n) is 10.3. The van der Waals surface area contributed by atoms with Crippen molar-refractivity contribution in [2.45, 2.75) is 97.2 Å². The van der Waals surface area contributed by atoms with E-state index in [1.807, 2.05) is 6.07 Å². The molecule has 2 saturated heterocycles. The quantitative estimate of drug-likeness (QED) is 0.457. The first-order valence-electron chi connectivity index (χ1n) is 12.9. The van der Waals surface area contributed by atoms with Crippen LogP contribution in [0, 0.1) is 17.8 Å². The first-order chi connectivity index (χ1) is 16.0. The highest BCUT2D eigenvalue weighted by molar-refractivity contribution is 5.90. The number of carbonyl (C=O) groups excluding carboxylic acids is 1. The van der Waals surface area contributed by atoms with Crippen molar-refractivity contribution in [3.05, 3.63) is 23.8 Å². The Labute approximate surface area is 198 Å². The summed E-state index contributed by atoms with van der Waals surface area (Å²) in [5.74, 6) is 2.27. The minimum Gasteiger partial charge on any atom is -0.465 e. The maximum absolute atomic E-state index is 13.3. The lowest BCUT2D eigenvalue weighted by Gasteiger charge is -2.36. The predicted molar refractivity (Wildman–Crippen MR) is 125 cm³/mol. The zero-order valence-corrected chi connectivity index (χ0v) is 20.4. The topological polar surface area (TPSA) is 63.2 Å². The monoisotopic (exact) mass is 460 g/mol. The first kappa shape index (κ1) is 24.3. The molecule has 6 nitrogen and oxygen atoms in total. The van der Waals surface area contributed by atoms with Crippen LogP contribution in [0.5, 0.6) is 11.5 Å². The van der Waals surface area contributed by atoms with Crippen LogP contribution in [-0.4, -0.2) is 37.9 Å². The number of esters is 1. The van der Waals surface area contributed by atoms with E-state index in [9.17, 15) is 4.79 Å². The van der Waals surface area contributed by atoms with Gasteiger partial charge >= 0.3 is 5.97 Å². The second kappa shape index (κ2) is 11.6. The maximum Gasteiger partial charge on any atom is 0.338 e. The summed E-state index contributed by atoms with van der Waals surface area (Å²) >= 11 is 0. The van der Waals surface area contributed by atoms with Crippen LogP contribution >= 0.6 is 0 Å². The molecule has 0 N–H and O–H groups in total. The first-order valence-corrected chi connectivity index (χ1v) is 12.9. The molecule has 1 aliphatic carbocycles. The largest absolute Gasteiger partial charge is 0.465 e. The van der Waals surface area contributed by atoms with Gasteiger partial charge in [-0.3, -0.25) is 0 Å². The van der Waals surface area contributed by atoms with E-state index in [2.05, 4.69) is 20.8 Å². The second-order valence-corrected chi connectivity index (χ2v) is 10.3. The average molecular weight is 461 g/mol. The fourth-order valence-electron chi connectivity index (χ4n) is 5.19. The summed E-state index contributed by atoms with van der Waals surface area (Å²) in [5.41, 5.74) is 0.454. The molecule has 0 aromatic heterocycles. The van der Waals surface area contributed by atoms with Crippen molar-refractivity contribution in [2.75, 3.05) is 13.2 Å². The van der Waals surface area contributed by atoms with Gasteiger partial charge in [0.15, 0.2) is 12.6 Å². The van der Waals surface area contributed by atoms with E-state index in [0.29, 0.717) is 48.0 Å². The molecule has 4 rings (SSSR count). The molecule has 5 atom stereocenters. The predicted octanol–water partition coefficient (Wildman–Crippen LogP) is 6.12. The summed E-state index contributed by atoms with van der Waals surface area (Å²) < 4.78 is 29.8. The van der Waals surface area contributed by atoms with E-state index < -0.39 is 0 Å². The van der Waals surface area contributed by atoms with Crippen molar-refractivity contribution in [1.82, 2.24) is 0 Å². The number of rotatable bonds is 7. The Morgan fingerprint density at radius 2 is 1.48 bits per heavy atom. The van der Waals surface area contributed by atoms with Gasteiger partial charge in [-0.1, -0.05) is 27.2 Å². The molecule has 6 heteroatoms. The summed E-state index contributed by atoms with van der Waals surface area (Å²) in [6, 6.07) is 5.34. The van der Waals surface area contributed by atoms with E-state index in [1.54, 1.807) is 12.1 Å². The van der Waals surface area contributed by atoms with E-state index in [1.165, 1.54) is 6.42 Å². The maximum atomic E-state index is 13.3. The zero-order valence-electron chi connectivity index (χ0n) is 20.4. The molecule has 0 bridgehead atoms. The van der Waals surface area contributed by atoms with Crippen molar-refractivity contribution in [3.63, 3.8) is 0 Å². The van der Waals surface area contributed by atoms with Gasteiger partial charge in [0.2, 0.25) is 0 Å². The number of hydrogen-bond acceptors (Lipinski definition) is 6. The number of ether oxygens (including phenoxy) is 5. The van der Waals surface area contributed by atoms with Gasteiger partial charge in [0, 0.05) is 18.9 Å². The smallest absolute Gasteiger partial charge is 0.338 e. The van der Waals surface area contributed by atoms with Crippen molar-refractivity contribution in [2.24, 2.45) is 17.8 Å². The van der Waals surface area contributed by atoms with Crippen molar-refractivity contribution < 1.29 is 28.5 Å². The molecule has 0 radical (unpaired) electrons. The van der Waals surface area contributed by atoms with Crippen molar-refractivity contribution >= 4 is 5.97 Å². The van der Waals surface area contributed by atoms with Gasteiger partial charge < -0.3 is 23.7 Å². The molecule has 1 saturated carbocycles. The minimum absolute atomic E-state index is 0.0569. The Morgan fingerprint density at radius 3 is 2.00 bits per heavy atom. The van der Waals surface area contributed by atoms with Gasteiger partial charge in [0.25, 0.3) is 0 Å².